The van der Waals surface area contributed by atoms with Gasteiger partial charge < -0.3 is 15.4 Å². The molecule has 0 heterocycles. The molecule has 0 aliphatic heterocycles. The lowest BCUT2D eigenvalue weighted by Crippen LogP contribution is -2.31. The highest BCUT2D eigenvalue weighted by molar-refractivity contribution is 5.78. The van der Waals surface area contributed by atoms with E-state index in [4.69, 9.17) is 4.74 Å². The molecule has 0 fully saturated rings. The molecular weight excluding hydrogens is 288 g/mol. The molecule has 0 saturated carbocycles. The molecule has 2 rings (SSSR count). The smallest absolute Gasteiger partial charge is 0.224 e. The van der Waals surface area contributed by atoms with Gasteiger partial charge in [-0.2, -0.15) is 0 Å². The van der Waals surface area contributed by atoms with Crippen LogP contribution in [-0.2, 0) is 17.8 Å². The van der Waals surface area contributed by atoms with Crippen molar-refractivity contribution in [3.63, 3.8) is 0 Å². The number of methoxy groups -OCH3 is 1. The molecule has 1 amide bonds. The molecule has 23 heavy (non-hydrogen) atoms. The van der Waals surface area contributed by atoms with E-state index in [0.717, 1.165) is 22.6 Å². The Morgan fingerprint density at radius 2 is 1.78 bits per heavy atom. The highest BCUT2D eigenvalue weighted by Gasteiger charge is 2.05. The Morgan fingerprint density at radius 3 is 2.43 bits per heavy atom. The average Bonchev–Trinajstić information content (AvgIpc) is 2.53. The zero-order valence-electron chi connectivity index (χ0n) is 13.9. The summed E-state index contributed by atoms with van der Waals surface area (Å²) in [6, 6.07) is 16.1. The molecule has 0 bridgehead atoms. The third-order valence-electron chi connectivity index (χ3n) is 3.44. The lowest BCUT2D eigenvalue weighted by molar-refractivity contribution is -0.120. The molecule has 0 aromatic heterocycles. The van der Waals surface area contributed by atoms with Gasteiger partial charge in [0.2, 0.25) is 5.91 Å². The normalized spacial score (nSPS) is 10.4. The van der Waals surface area contributed by atoms with Gasteiger partial charge >= 0.3 is 0 Å². The molecule has 0 aliphatic rings. The summed E-state index contributed by atoms with van der Waals surface area (Å²) in [5, 5.41) is 6.26. The number of benzene rings is 2. The van der Waals surface area contributed by atoms with Crippen molar-refractivity contribution in [1.82, 2.24) is 5.32 Å². The van der Waals surface area contributed by atoms with Crippen molar-refractivity contribution in [2.24, 2.45) is 0 Å². The second-order valence-corrected chi connectivity index (χ2v) is 5.76. The summed E-state index contributed by atoms with van der Waals surface area (Å²) in [5.74, 6) is 0.928. The van der Waals surface area contributed by atoms with Crippen molar-refractivity contribution in [2.45, 2.75) is 32.9 Å². The summed E-state index contributed by atoms with van der Waals surface area (Å²) in [6.07, 6.45) is 0.408. The molecule has 0 atom stereocenters. The Hall–Kier alpha value is -2.49. The number of hydrogen-bond acceptors (Lipinski definition) is 3. The Labute approximate surface area is 137 Å². The molecule has 0 saturated heterocycles. The second-order valence-electron chi connectivity index (χ2n) is 5.76. The van der Waals surface area contributed by atoms with Crippen LogP contribution in [0.1, 0.15) is 25.0 Å². The third kappa shape index (κ3) is 5.33. The SMILES string of the molecule is COc1ccccc1CNc1ccc(CC(=O)NC(C)C)cc1. The van der Waals surface area contributed by atoms with Gasteiger partial charge in [0, 0.05) is 23.8 Å². The summed E-state index contributed by atoms with van der Waals surface area (Å²) >= 11 is 0. The summed E-state index contributed by atoms with van der Waals surface area (Å²) in [4.78, 5) is 11.7. The van der Waals surface area contributed by atoms with Gasteiger partial charge in [0.15, 0.2) is 0 Å². The van der Waals surface area contributed by atoms with Crippen molar-refractivity contribution in [3.8, 4) is 5.75 Å². The number of rotatable bonds is 7. The topological polar surface area (TPSA) is 50.4 Å². The fraction of sp³-hybridized carbons (Fsp3) is 0.316. The Bertz CT molecular complexity index is 636. The predicted octanol–water partition coefficient (Wildman–Crippen LogP) is 3.37. The molecular formula is C19H24N2O2. The van der Waals surface area contributed by atoms with Gasteiger partial charge in [-0.25, -0.2) is 0 Å². The molecule has 4 nitrogen and oxygen atoms in total. The van der Waals surface area contributed by atoms with E-state index < -0.39 is 0 Å². The number of hydrogen-bond donors (Lipinski definition) is 2. The van der Waals surface area contributed by atoms with Crippen molar-refractivity contribution in [3.05, 3.63) is 59.7 Å². The van der Waals surface area contributed by atoms with Gasteiger partial charge in [0.1, 0.15) is 5.75 Å². The standard InChI is InChI=1S/C19H24N2O2/c1-14(2)21-19(22)12-15-8-10-17(11-9-15)20-13-16-6-4-5-7-18(16)23-3/h4-11,14,20H,12-13H2,1-3H3,(H,21,22). The second kappa shape index (κ2) is 8.22. The van der Waals surface area contributed by atoms with Gasteiger partial charge in [-0.05, 0) is 37.6 Å². The summed E-state index contributed by atoms with van der Waals surface area (Å²) in [5.41, 5.74) is 3.13. The van der Waals surface area contributed by atoms with Crippen LogP contribution in [0.15, 0.2) is 48.5 Å². The number of carbonyl (C=O) groups excluding carboxylic acids is 1. The first-order valence-corrected chi connectivity index (χ1v) is 7.82. The number of nitrogens with one attached hydrogen (secondary N) is 2. The molecule has 4 heteroatoms. The van der Waals surface area contributed by atoms with Crippen molar-refractivity contribution in [1.29, 1.82) is 0 Å². The van der Waals surface area contributed by atoms with E-state index >= 15 is 0 Å². The van der Waals surface area contributed by atoms with E-state index in [9.17, 15) is 4.79 Å². The van der Waals surface area contributed by atoms with Crippen LogP contribution in [0.25, 0.3) is 0 Å². The molecule has 0 unspecified atom stereocenters. The van der Waals surface area contributed by atoms with Crippen molar-refractivity contribution in [2.75, 3.05) is 12.4 Å². The largest absolute Gasteiger partial charge is 0.496 e. The number of anilines is 1. The molecule has 2 aromatic carbocycles. The van der Waals surface area contributed by atoms with Gasteiger partial charge in [-0.1, -0.05) is 30.3 Å². The number of amides is 1. The fourth-order valence-electron chi connectivity index (χ4n) is 2.35. The van der Waals surface area contributed by atoms with Gasteiger partial charge in [0.25, 0.3) is 0 Å². The van der Waals surface area contributed by atoms with Crippen molar-refractivity contribution < 1.29 is 9.53 Å². The van der Waals surface area contributed by atoms with Crippen LogP contribution in [0, 0.1) is 0 Å². The van der Waals surface area contributed by atoms with Gasteiger partial charge in [-0.15, -0.1) is 0 Å². The first kappa shape index (κ1) is 16.9. The van der Waals surface area contributed by atoms with Crippen LogP contribution in [0.5, 0.6) is 5.75 Å². The lowest BCUT2D eigenvalue weighted by Gasteiger charge is -2.11. The zero-order valence-corrected chi connectivity index (χ0v) is 13.9. The minimum absolute atomic E-state index is 0.0507. The maximum absolute atomic E-state index is 11.7. The minimum atomic E-state index is 0.0507. The third-order valence-corrected chi connectivity index (χ3v) is 3.44. The first-order chi connectivity index (χ1) is 11.1. The van der Waals surface area contributed by atoms with Crippen LogP contribution in [0.4, 0.5) is 5.69 Å². The Morgan fingerprint density at radius 1 is 1.09 bits per heavy atom. The van der Waals surface area contributed by atoms with Gasteiger partial charge in [-0.3, -0.25) is 4.79 Å². The molecule has 122 valence electrons. The molecule has 0 aliphatic carbocycles. The minimum Gasteiger partial charge on any atom is -0.496 e. The highest BCUT2D eigenvalue weighted by atomic mass is 16.5. The maximum Gasteiger partial charge on any atom is 0.224 e. The summed E-state index contributed by atoms with van der Waals surface area (Å²) < 4.78 is 5.34. The van der Waals surface area contributed by atoms with E-state index in [1.165, 1.54) is 0 Å². The number of carbonyl (C=O) groups is 1. The van der Waals surface area contributed by atoms with Crippen LogP contribution in [0.3, 0.4) is 0 Å². The van der Waals surface area contributed by atoms with Crippen molar-refractivity contribution >= 4 is 11.6 Å². The zero-order chi connectivity index (χ0) is 16.7. The summed E-state index contributed by atoms with van der Waals surface area (Å²) in [7, 11) is 1.68. The molecule has 0 spiro atoms. The van der Waals surface area contributed by atoms with E-state index in [1.807, 2.05) is 62.4 Å². The van der Waals surface area contributed by atoms with E-state index in [1.54, 1.807) is 7.11 Å². The van der Waals surface area contributed by atoms with Crippen LogP contribution in [-0.4, -0.2) is 19.1 Å². The van der Waals surface area contributed by atoms with Gasteiger partial charge in [0.05, 0.1) is 13.5 Å². The monoisotopic (exact) mass is 312 g/mol. The molecule has 2 aromatic rings. The Balaban J connectivity index is 1.91. The first-order valence-electron chi connectivity index (χ1n) is 7.82. The Kier molecular flexibility index (Phi) is 6.03. The lowest BCUT2D eigenvalue weighted by atomic mass is 10.1. The van der Waals surface area contributed by atoms with Crippen LogP contribution >= 0.6 is 0 Å². The van der Waals surface area contributed by atoms with Crippen LogP contribution in [0.2, 0.25) is 0 Å². The predicted molar refractivity (Wildman–Crippen MR) is 93.7 cm³/mol. The summed E-state index contributed by atoms with van der Waals surface area (Å²) in [6.45, 7) is 4.61. The highest BCUT2D eigenvalue weighted by Crippen LogP contribution is 2.19. The number of ether oxygens (including phenoxy) is 1. The quantitative estimate of drug-likeness (QED) is 0.824. The van der Waals surface area contributed by atoms with E-state index in [0.29, 0.717) is 13.0 Å². The van der Waals surface area contributed by atoms with E-state index in [-0.39, 0.29) is 11.9 Å². The maximum atomic E-state index is 11.7. The average molecular weight is 312 g/mol. The molecule has 2 N–H and O–H groups in total. The molecule has 0 radical (unpaired) electrons. The van der Waals surface area contributed by atoms with Crippen LogP contribution < -0.4 is 15.4 Å². The van der Waals surface area contributed by atoms with E-state index in [2.05, 4.69) is 10.6 Å². The number of para-hydroxylation sites is 1. The fourth-order valence-corrected chi connectivity index (χ4v) is 2.35.